The van der Waals surface area contributed by atoms with Crippen LogP contribution >= 0.6 is 0 Å². The van der Waals surface area contributed by atoms with Gasteiger partial charge in [-0.05, 0) is 43.0 Å². The zero-order valence-corrected chi connectivity index (χ0v) is 21.9. The molecule has 9 nitrogen and oxygen atoms in total. The van der Waals surface area contributed by atoms with Crippen molar-refractivity contribution in [3.05, 3.63) is 83.5 Å². The minimum absolute atomic E-state index is 0.0884. The lowest BCUT2D eigenvalue weighted by Crippen LogP contribution is -2.44. The fourth-order valence-corrected chi connectivity index (χ4v) is 5.04. The van der Waals surface area contributed by atoms with Crippen LogP contribution < -0.4 is 16.0 Å². The summed E-state index contributed by atoms with van der Waals surface area (Å²) >= 11 is 0. The van der Waals surface area contributed by atoms with Crippen LogP contribution in [0.15, 0.2) is 72.3 Å². The predicted octanol–water partition coefficient (Wildman–Crippen LogP) is 4.89. The minimum Gasteiger partial charge on any atom is -0.350 e. The number of benzene rings is 1. The molecule has 1 aliphatic carbocycles. The number of rotatable bonds is 9. The zero-order chi connectivity index (χ0) is 28.4. The van der Waals surface area contributed by atoms with E-state index in [0.717, 1.165) is 11.0 Å². The van der Waals surface area contributed by atoms with Crippen LogP contribution in [0.3, 0.4) is 0 Å². The molecule has 0 spiro atoms. The zero-order valence-electron chi connectivity index (χ0n) is 21.0. The molecule has 1 saturated heterocycles. The summed E-state index contributed by atoms with van der Waals surface area (Å²) in [5.74, 6) is -1.14. The van der Waals surface area contributed by atoms with E-state index < -0.39 is 39.5 Å². The second kappa shape index (κ2) is 11.0. The van der Waals surface area contributed by atoms with Crippen molar-refractivity contribution in [2.75, 3.05) is 29.0 Å². The van der Waals surface area contributed by atoms with Gasteiger partial charge in [0.15, 0.2) is 0 Å². The molecular formula is C26H27F3N6O3S. The maximum absolute atomic E-state index is 13.9. The van der Waals surface area contributed by atoms with Crippen molar-refractivity contribution in [1.29, 1.82) is 0 Å². The number of allylic oxidation sites excluding steroid dienone is 3. The van der Waals surface area contributed by atoms with Crippen LogP contribution in [0.25, 0.3) is 0 Å². The number of anilines is 4. The van der Waals surface area contributed by atoms with Gasteiger partial charge in [0, 0.05) is 36.3 Å². The van der Waals surface area contributed by atoms with Gasteiger partial charge in [-0.3, -0.25) is 4.79 Å². The van der Waals surface area contributed by atoms with Crippen LogP contribution in [0.1, 0.15) is 24.0 Å². The number of alkyl halides is 3. The highest BCUT2D eigenvalue weighted by molar-refractivity contribution is 7.92. The molecule has 0 bridgehead atoms. The third-order valence-corrected chi connectivity index (χ3v) is 7.71. The lowest BCUT2D eigenvalue weighted by molar-refractivity contribution is -0.137. The fraction of sp³-hybridized carbons (Fsp3) is 0.269. The minimum atomic E-state index is -4.77. The van der Waals surface area contributed by atoms with E-state index in [1.807, 2.05) is 0 Å². The Balaban J connectivity index is 1.60. The van der Waals surface area contributed by atoms with Crippen molar-refractivity contribution < 1.29 is 26.4 Å². The molecule has 0 unspecified atom stereocenters. The predicted molar refractivity (Wildman–Crippen MR) is 144 cm³/mol. The van der Waals surface area contributed by atoms with Crippen LogP contribution in [0.4, 0.5) is 36.3 Å². The normalized spacial score (nSPS) is 17.5. The number of carbonyl (C=O) groups excluding carboxylic acids is 1. The van der Waals surface area contributed by atoms with Gasteiger partial charge in [-0.1, -0.05) is 37.5 Å². The first-order chi connectivity index (χ1) is 18.4. The van der Waals surface area contributed by atoms with Crippen LogP contribution in [0, 0.1) is 6.92 Å². The molecular weight excluding hydrogens is 533 g/mol. The van der Waals surface area contributed by atoms with Crippen LogP contribution in [0.5, 0.6) is 0 Å². The van der Waals surface area contributed by atoms with Crippen molar-refractivity contribution in [2.24, 2.45) is 0 Å². The summed E-state index contributed by atoms with van der Waals surface area (Å²) in [6.45, 7) is 9.28. The number of piperidine rings is 1. The average molecular weight is 561 g/mol. The van der Waals surface area contributed by atoms with Gasteiger partial charge in [0.2, 0.25) is 16.0 Å². The molecule has 3 N–H and O–H groups in total. The van der Waals surface area contributed by atoms with E-state index in [0.29, 0.717) is 31.2 Å². The van der Waals surface area contributed by atoms with Crippen LogP contribution in [0.2, 0.25) is 0 Å². The molecule has 39 heavy (non-hydrogen) atoms. The molecule has 206 valence electrons. The molecule has 1 aromatic carbocycles. The van der Waals surface area contributed by atoms with E-state index in [1.54, 1.807) is 37.3 Å². The largest absolute Gasteiger partial charge is 0.421 e. The van der Waals surface area contributed by atoms with Gasteiger partial charge >= 0.3 is 6.18 Å². The first-order valence-electron chi connectivity index (χ1n) is 12.0. The SMILES string of the molecule is C=CS(=O)(=O)N1CCC[C@H](Nc2ncc(C(F)(F)F)c(Nc3ccc(C)cc3NC(=O)C(=C)C3=CC=C3)n2)C1. The highest BCUT2D eigenvalue weighted by atomic mass is 32.2. The number of halogens is 3. The van der Waals surface area contributed by atoms with Crippen LogP contribution in [-0.2, 0) is 21.0 Å². The van der Waals surface area contributed by atoms with Crippen molar-refractivity contribution in [3.63, 3.8) is 0 Å². The molecule has 0 radical (unpaired) electrons. The van der Waals surface area contributed by atoms with E-state index in [4.69, 9.17) is 0 Å². The molecule has 0 saturated carbocycles. The second-order valence-electron chi connectivity index (χ2n) is 9.09. The first-order valence-corrected chi connectivity index (χ1v) is 13.5. The Hall–Kier alpha value is -3.97. The number of hydrogen-bond acceptors (Lipinski definition) is 7. The highest BCUT2D eigenvalue weighted by Crippen LogP contribution is 2.37. The number of amides is 1. The summed E-state index contributed by atoms with van der Waals surface area (Å²) in [6, 6.07) is 4.40. The number of aromatic nitrogens is 2. The van der Waals surface area contributed by atoms with Crippen molar-refractivity contribution in [1.82, 2.24) is 14.3 Å². The molecule has 13 heteroatoms. The maximum Gasteiger partial charge on any atom is 0.421 e. The van der Waals surface area contributed by atoms with E-state index in [2.05, 4.69) is 39.1 Å². The quantitative estimate of drug-likeness (QED) is 0.374. The Labute approximate surface area is 224 Å². The topological polar surface area (TPSA) is 116 Å². The molecule has 1 atom stereocenters. The summed E-state index contributed by atoms with van der Waals surface area (Å²) in [4.78, 5) is 20.6. The lowest BCUT2D eigenvalue weighted by atomic mass is 10.00. The molecule has 1 fully saturated rings. The number of hydrogen-bond donors (Lipinski definition) is 3. The summed E-state index contributed by atoms with van der Waals surface area (Å²) in [5, 5.41) is 9.19. The number of sulfonamides is 1. The number of nitrogens with zero attached hydrogens (tertiary/aromatic N) is 3. The van der Waals surface area contributed by atoms with Gasteiger partial charge in [0.05, 0.1) is 11.4 Å². The number of nitrogens with one attached hydrogen (secondary N) is 3. The lowest BCUT2D eigenvalue weighted by Gasteiger charge is -2.31. The summed E-state index contributed by atoms with van der Waals surface area (Å²) in [7, 11) is -3.64. The van der Waals surface area contributed by atoms with E-state index in [1.165, 1.54) is 10.4 Å². The second-order valence-corrected chi connectivity index (χ2v) is 11.0. The summed E-state index contributed by atoms with van der Waals surface area (Å²) in [6.07, 6.45) is 2.20. The third-order valence-electron chi connectivity index (χ3n) is 6.23. The standard InChI is InChI=1S/C26H27F3N6O3S/c1-4-39(37,38)35-12-6-9-19(15-35)31-25-30-14-20(26(27,28)29)23(34-25)32-21-11-10-16(2)13-22(21)33-24(36)17(3)18-7-5-8-18/h4-5,7-8,10-11,13-14,19H,1,3,6,9,12,15H2,2H3,(H,33,36)(H2,30,31,32,34)/t19-/m0/s1. The first kappa shape index (κ1) is 28.0. The van der Waals surface area contributed by atoms with Crippen molar-refractivity contribution in [3.8, 4) is 0 Å². The van der Waals surface area contributed by atoms with Crippen molar-refractivity contribution >= 4 is 39.1 Å². The Bertz CT molecular complexity index is 1480. The van der Waals surface area contributed by atoms with Gasteiger partial charge < -0.3 is 16.0 Å². The van der Waals surface area contributed by atoms with Gasteiger partial charge in [-0.25, -0.2) is 13.4 Å². The van der Waals surface area contributed by atoms with Crippen LogP contribution in [-0.4, -0.2) is 47.7 Å². The average Bonchev–Trinajstić information content (AvgIpc) is 2.84. The molecule has 2 aliphatic rings. The Morgan fingerprint density at radius 2 is 2.00 bits per heavy atom. The Kier molecular flexibility index (Phi) is 7.93. The smallest absolute Gasteiger partial charge is 0.350 e. The molecule has 2 aromatic rings. The van der Waals surface area contributed by atoms with E-state index in [-0.39, 0.29) is 29.4 Å². The van der Waals surface area contributed by atoms with Gasteiger partial charge in [0.1, 0.15) is 11.4 Å². The van der Waals surface area contributed by atoms with Gasteiger partial charge in [-0.15, -0.1) is 0 Å². The maximum atomic E-state index is 13.9. The van der Waals surface area contributed by atoms with Crippen molar-refractivity contribution in [2.45, 2.75) is 32.0 Å². The van der Waals surface area contributed by atoms with Gasteiger partial charge in [-0.2, -0.15) is 22.5 Å². The highest BCUT2D eigenvalue weighted by Gasteiger charge is 2.36. The molecule has 4 rings (SSSR count). The third kappa shape index (κ3) is 6.55. The van der Waals surface area contributed by atoms with E-state index >= 15 is 0 Å². The molecule has 1 aliphatic heterocycles. The number of carbonyl (C=O) groups is 1. The van der Waals surface area contributed by atoms with Gasteiger partial charge in [0.25, 0.3) is 5.91 Å². The Morgan fingerprint density at radius 3 is 2.64 bits per heavy atom. The monoisotopic (exact) mass is 560 g/mol. The van der Waals surface area contributed by atoms with E-state index in [9.17, 15) is 26.4 Å². The Morgan fingerprint density at radius 1 is 1.26 bits per heavy atom. The summed E-state index contributed by atoms with van der Waals surface area (Å²) in [5.41, 5.74) is 0.943. The summed E-state index contributed by atoms with van der Waals surface area (Å²) < 4.78 is 67.2. The number of aryl methyl sites for hydroxylation is 1. The molecule has 1 amide bonds. The molecule has 1 aromatic heterocycles. The fourth-order valence-electron chi connectivity index (χ4n) is 4.05. The molecule has 2 heterocycles.